The number of amides is 1. The molecule has 1 aromatic carbocycles. The molecular weight excluding hydrogens is 240 g/mol. The van der Waals surface area contributed by atoms with Gasteiger partial charge >= 0.3 is 0 Å². The summed E-state index contributed by atoms with van der Waals surface area (Å²) in [4.78, 5) is 12.3. The molecule has 0 spiro atoms. The third-order valence-electron chi connectivity index (χ3n) is 2.91. The van der Waals surface area contributed by atoms with Crippen molar-refractivity contribution in [2.24, 2.45) is 0 Å². The standard InChI is InChI=1S/C15H18N2O2/c1-4-6-13-14(11(3)17-19-13)15(18)16-12-8-5-7-10(2)9-12/h5,7-9H,4,6H2,1-3H3,(H,16,18). The summed E-state index contributed by atoms with van der Waals surface area (Å²) in [6.45, 7) is 5.82. The van der Waals surface area contributed by atoms with Crippen molar-refractivity contribution >= 4 is 11.6 Å². The topological polar surface area (TPSA) is 55.1 Å². The molecule has 0 fully saturated rings. The Morgan fingerprint density at radius 3 is 2.84 bits per heavy atom. The van der Waals surface area contributed by atoms with E-state index in [9.17, 15) is 4.79 Å². The van der Waals surface area contributed by atoms with E-state index >= 15 is 0 Å². The van der Waals surface area contributed by atoms with Crippen LogP contribution in [0.2, 0.25) is 0 Å². The molecule has 19 heavy (non-hydrogen) atoms. The Morgan fingerprint density at radius 2 is 2.16 bits per heavy atom. The molecule has 0 atom stereocenters. The summed E-state index contributed by atoms with van der Waals surface area (Å²) in [6.07, 6.45) is 1.64. The number of aryl methyl sites for hydroxylation is 3. The van der Waals surface area contributed by atoms with Crippen molar-refractivity contribution in [3.63, 3.8) is 0 Å². The van der Waals surface area contributed by atoms with E-state index in [0.29, 0.717) is 17.0 Å². The third kappa shape index (κ3) is 3.02. The van der Waals surface area contributed by atoms with Crippen LogP contribution in [0, 0.1) is 13.8 Å². The number of carbonyl (C=O) groups excluding carboxylic acids is 1. The minimum atomic E-state index is -0.159. The van der Waals surface area contributed by atoms with E-state index in [1.807, 2.05) is 38.1 Å². The van der Waals surface area contributed by atoms with Crippen molar-refractivity contribution in [2.45, 2.75) is 33.6 Å². The van der Waals surface area contributed by atoms with E-state index in [1.54, 1.807) is 6.92 Å². The monoisotopic (exact) mass is 258 g/mol. The van der Waals surface area contributed by atoms with Crippen molar-refractivity contribution in [1.82, 2.24) is 5.16 Å². The van der Waals surface area contributed by atoms with Gasteiger partial charge in [0.2, 0.25) is 0 Å². The lowest BCUT2D eigenvalue weighted by atomic mass is 10.1. The molecule has 4 heteroatoms. The molecule has 0 saturated heterocycles. The highest BCUT2D eigenvalue weighted by molar-refractivity contribution is 6.05. The summed E-state index contributed by atoms with van der Waals surface area (Å²) in [6, 6.07) is 7.70. The van der Waals surface area contributed by atoms with Gasteiger partial charge in [-0.15, -0.1) is 0 Å². The second-order valence-electron chi connectivity index (χ2n) is 4.64. The fourth-order valence-corrected chi connectivity index (χ4v) is 2.02. The van der Waals surface area contributed by atoms with Crippen LogP contribution < -0.4 is 5.32 Å². The smallest absolute Gasteiger partial charge is 0.261 e. The maximum absolute atomic E-state index is 12.3. The second-order valence-corrected chi connectivity index (χ2v) is 4.64. The molecule has 1 N–H and O–H groups in total. The zero-order chi connectivity index (χ0) is 13.8. The molecule has 0 aliphatic heterocycles. The molecule has 4 nitrogen and oxygen atoms in total. The number of nitrogens with zero attached hydrogens (tertiary/aromatic N) is 1. The average molecular weight is 258 g/mol. The first kappa shape index (κ1) is 13.3. The Bertz CT molecular complexity index is 588. The van der Waals surface area contributed by atoms with Crippen LogP contribution in [0.5, 0.6) is 0 Å². The van der Waals surface area contributed by atoms with E-state index in [4.69, 9.17) is 4.52 Å². The van der Waals surface area contributed by atoms with Gasteiger partial charge in [0.15, 0.2) is 0 Å². The predicted molar refractivity (Wildman–Crippen MR) is 74.4 cm³/mol. The fraction of sp³-hybridized carbons (Fsp3) is 0.333. The van der Waals surface area contributed by atoms with Crippen LogP contribution in [0.25, 0.3) is 0 Å². The van der Waals surface area contributed by atoms with E-state index in [0.717, 1.165) is 24.1 Å². The first-order valence-corrected chi connectivity index (χ1v) is 6.45. The summed E-state index contributed by atoms with van der Waals surface area (Å²) >= 11 is 0. The summed E-state index contributed by atoms with van der Waals surface area (Å²) in [7, 11) is 0. The highest BCUT2D eigenvalue weighted by Crippen LogP contribution is 2.18. The third-order valence-corrected chi connectivity index (χ3v) is 2.91. The molecule has 0 aliphatic carbocycles. The van der Waals surface area contributed by atoms with Gasteiger partial charge in [0.25, 0.3) is 5.91 Å². The summed E-state index contributed by atoms with van der Waals surface area (Å²) in [5, 5.41) is 6.77. The Balaban J connectivity index is 2.22. The lowest BCUT2D eigenvalue weighted by molar-refractivity contribution is 0.102. The number of rotatable bonds is 4. The average Bonchev–Trinajstić information content (AvgIpc) is 2.71. The van der Waals surface area contributed by atoms with Gasteiger partial charge in [0.05, 0.1) is 5.69 Å². The number of hydrogen-bond donors (Lipinski definition) is 1. The van der Waals surface area contributed by atoms with Gasteiger partial charge in [-0.2, -0.15) is 0 Å². The number of nitrogens with one attached hydrogen (secondary N) is 1. The molecule has 2 rings (SSSR count). The molecule has 0 bridgehead atoms. The maximum atomic E-state index is 12.3. The zero-order valence-electron chi connectivity index (χ0n) is 11.5. The Labute approximate surface area is 112 Å². The molecule has 2 aromatic rings. The minimum absolute atomic E-state index is 0.159. The highest BCUT2D eigenvalue weighted by Gasteiger charge is 2.19. The largest absolute Gasteiger partial charge is 0.360 e. The van der Waals surface area contributed by atoms with E-state index < -0.39 is 0 Å². The highest BCUT2D eigenvalue weighted by atomic mass is 16.5. The quantitative estimate of drug-likeness (QED) is 0.913. The van der Waals surface area contributed by atoms with Gasteiger partial charge in [-0.05, 0) is 38.0 Å². The van der Waals surface area contributed by atoms with Gasteiger partial charge < -0.3 is 9.84 Å². The lowest BCUT2D eigenvalue weighted by Crippen LogP contribution is -2.14. The van der Waals surface area contributed by atoms with Crippen molar-refractivity contribution < 1.29 is 9.32 Å². The van der Waals surface area contributed by atoms with Crippen LogP contribution in [0.3, 0.4) is 0 Å². The fourth-order valence-electron chi connectivity index (χ4n) is 2.02. The first-order valence-electron chi connectivity index (χ1n) is 6.45. The maximum Gasteiger partial charge on any atom is 0.261 e. The second kappa shape index (κ2) is 5.69. The molecule has 0 unspecified atom stereocenters. The first-order chi connectivity index (χ1) is 9.11. The van der Waals surface area contributed by atoms with E-state index in [1.165, 1.54) is 0 Å². The number of anilines is 1. The normalized spacial score (nSPS) is 10.5. The molecule has 0 radical (unpaired) electrons. The zero-order valence-corrected chi connectivity index (χ0v) is 11.5. The van der Waals surface area contributed by atoms with Crippen molar-refractivity contribution in [1.29, 1.82) is 0 Å². The molecule has 100 valence electrons. The molecule has 1 amide bonds. The lowest BCUT2D eigenvalue weighted by Gasteiger charge is -2.06. The number of hydrogen-bond acceptors (Lipinski definition) is 3. The number of aromatic nitrogens is 1. The van der Waals surface area contributed by atoms with Gasteiger partial charge in [0, 0.05) is 12.1 Å². The summed E-state index contributed by atoms with van der Waals surface area (Å²) in [5.41, 5.74) is 3.08. The van der Waals surface area contributed by atoms with Crippen LogP contribution in [-0.4, -0.2) is 11.1 Å². The number of benzene rings is 1. The van der Waals surface area contributed by atoms with Gasteiger partial charge in [-0.25, -0.2) is 0 Å². The molecular formula is C15H18N2O2. The Kier molecular flexibility index (Phi) is 4.00. The molecule has 1 heterocycles. The van der Waals surface area contributed by atoms with Gasteiger partial charge in [-0.3, -0.25) is 4.79 Å². The van der Waals surface area contributed by atoms with Crippen LogP contribution >= 0.6 is 0 Å². The molecule has 1 aromatic heterocycles. The van der Waals surface area contributed by atoms with Gasteiger partial charge in [-0.1, -0.05) is 24.2 Å². The molecule has 0 saturated carbocycles. The minimum Gasteiger partial charge on any atom is -0.360 e. The summed E-state index contributed by atoms with van der Waals surface area (Å²) in [5.74, 6) is 0.498. The Hall–Kier alpha value is -2.10. The van der Waals surface area contributed by atoms with Crippen molar-refractivity contribution in [2.75, 3.05) is 5.32 Å². The van der Waals surface area contributed by atoms with Crippen molar-refractivity contribution in [3.05, 3.63) is 46.8 Å². The van der Waals surface area contributed by atoms with Crippen LogP contribution in [-0.2, 0) is 6.42 Å². The number of carbonyl (C=O) groups is 1. The van der Waals surface area contributed by atoms with Crippen molar-refractivity contribution in [3.8, 4) is 0 Å². The van der Waals surface area contributed by atoms with Crippen LogP contribution in [0.15, 0.2) is 28.8 Å². The predicted octanol–water partition coefficient (Wildman–Crippen LogP) is 3.50. The van der Waals surface area contributed by atoms with Crippen LogP contribution in [0.1, 0.15) is 40.7 Å². The van der Waals surface area contributed by atoms with E-state index in [-0.39, 0.29) is 5.91 Å². The molecule has 0 aliphatic rings. The van der Waals surface area contributed by atoms with Crippen LogP contribution in [0.4, 0.5) is 5.69 Å². The van der Waals surface area contributed by atoms with E-state index in [2.05, 4.69) is 10.5 Å². The Morgan fingerprint density at radius 1 is 1.37 bits per heavy atom. The van der Waals surface area contributed by atoms with Gasteiger partial charge in [0.1, 0.15) is 11.3 Å². The summed E-state index contributed by atoms with van der Waals surface area (Å²) < 4.78 is 5.21. The SMILES string of the molecule is CCCc1onc(C)c1C(=O)Nc1cccc(C)c1.